The lowest BCUT2D eigenvalue weighted by molar-refractivity contribution is 0.433. The average molecular weight is 366 g/mol. The van der Waals surface area contributed by atoms with E-state index in [9.17, 15) is 8.42 Å². The van der Waals surface area contributed by atoms with Gasteiger partial charge in [0, 0.05) is 11.5 Å². The van der Waals surface area contributed by atoms with Crippen molar-refractivity contribution < 1.29 is 12.8 Å². The van der Waals surface area contributed by atoms with Gasteiger partial charge in [0.25, 0.3) is 0 Å². The maximum atomic E-state index is 12.3. The Balaban J connectivity index is 2.08. The monoisotopic (exact) mass is 366 g/mol. The highest BCUT2D eigenvalue weighted by Crippen LogP contribution is 2.34. The number of oxazole rings is 1. The lowest BCUT2D eigenvalue weighted by Gasteiger charge is -2.21. The highest BCUT2D eigenvalue weighted by atomic mass is 32.2. The molecule has 3 aromatic rings. The number of benzene rings is 2. The van der Waals surface area contributed by atoms with Crippen molar-refractivity contribution >= 4 is 20.9 Å². The first-order valence-corrected chi connectivity index (χ1v) is 9.58. The van der Waals surface area contributed by atoms with Crippen LogP contribution in [-0.2, 0) is 15.3 Å². The van der Waals surface area contributed by atoms with E-state index in [0.29, 0.717) is 11.5 Å². The normalized spacial score (nSPS) is 12.5. The van der Waals surface area contributed by atoms with Gasteiger partial charge >= 0.3 is 0 Å². The van der Waals surface area contributed by atoms with Crippen LogP contribution >= 0.6 is 0 Å². The van der Waals surface area contributed by atoms with Crippen molar-refractivity contribution in [2.24, 2.45) is 0 Å². The minimum absolute atomic E-state index is 0.126. The predicted molar refractivity (Wildman–Crippen MR) is 99.3 cm³/mol. The number of hydrogen-bond donors (Lipinski definition) is 0. The van der Waals surface area contributed by atoms with E-state index in [2.05, 4.69) is 4.98 Å². The molecule has 132 valence electrons. The molecule has 2 aromatic carbocycles. The lowest BCUT2D eigenvalue weighted by atomic mass is 9.84. The van der Waals surface area contributed by atoms with Gasteiger partial charge in [0.1, 0.15) is 5.52 Å². The van der Waals surface area contributed by atoms with Crippen molar-refractivity contribution in [3.63, 3.8) is 0 Å². The summed E-state index contributed by atoms with van der Waals surface area (Å²) in [4.78, 5) is 4.72. The zero-order chi connectivity index (χ0) is 18.9. The second-order valence-corrected chi connectivity index (χ2v) is 8.45. The molecule has 26 heavy (non-hydrogen) atoms. The van der Waals surface area contributed by atoms with Crippen LogP contribution in [0.2, 0.25) is 0 Å². The molecule has 1 heterocycles. The summed E-state index contributed by atoms with van der Waals surface area (Å²) in [6.45, 7) is 5.85. The highest BCUT2D eigenvalue weighted by molar-refractivity contribution is 7.94. The minimum Gasteiger partial charge on any atom is -0.440 e. The van der Waals surface area contributed by atoms with Crippen LogP contribution in [0.25, 0.3) is 11.1 Å². The third-order valence-corrected chi connectivity index (χ3v) is 5.69. The molecule has 1 aromatic heterocycles. The van der Waals surface area contributed by atoms with Gasteiger partial charge in [-0.3, -0.25) is 0 Å². The molecule has 0 aliphatic carbocycles. The van der Waals surface area contributed by atoms with Crippen LogP contribution in [0.4, 0.5) is 0 Å². The van der Waals surface area contributed by atoms with Gasteiger partial charge in [0.2, 0.25) is 15.7 Å². The number of aromatic nitrogens is 1. The first-order valence-electron chi connectivity index (χ1n) is 8.03. The molecule has 0 unspecified atom stereocenters. The number of allylic oxidation sites excluding steroid dienone is 1. The van der Waals surface area contributed by atoms with Gasteiger partial charge in [-0.2, -0.15) is 5.26 Å². The molecular formula is C20H18N2O3S. The van der Waals surface area contributed by atoms with E-state index >= 15 is 0 Å². The minimum atomic E-state index is -3.67. The van der Waals surface area contributed by atoms with Crippen LogP contribution in [0.1, 0.15) is 30.9 Å². The zero-order valence-corrected chi connectivity index (χ0v) is 15.5. The van der Waals surface area contributed by atoms with Crippen LogP contribution in [0.15, 0.2) is 63.3 Å². The Morgan fingerprint density at radius 3 is 2.69 bits per heavy atom. The number of aryl methyl sites for hydroxylation is 1. The van der Waals surface area contributed by atoms with Crippen molar-refractivity contribution in [2.45, 2.75) is 31.1 Å². The summed E-state index contributed by atoms with van der Waals surface area (Å²) in [5, 5.41) is 9.48. The summed E-state index contributed by atoms with van der Waals surface area (Å²) in [5.74, 6) is 0.514. The van der Waals surface area contributed by atoms with E-state index in [-0.39, 0.29) is 4.90 Å². The third kappa shape index (κ3) is 3.26. The molecule has 0 aliphatic heterocycles. The summed E-state index contributed by atoms with van der Waals surface area (Å²) >= 11 is 0. The second-order valence-electron chi connectivity index (χ2n) is 6.62. The molecule has 0 saturated heterocycles. The van der Waals surface area contributed by atoms with Crippen LogP contribution in [0.3, 0.4) is 0 Å². The number of nitriles is 1. The molecule has 0 spiro atoms. The average Bonchev–Trinajstić information content (AvgIpc) is 3.04. The third-order valence-electron chi connectivity index (χ3n) is 4.28. The lowest BCUT2D eigenvalue weighted by Crippen LogP contribution is -2.19. The summed E-state index contributed by atoms with van der Waals surface area (Å²) in [7, 11) is -3.67. The van der Waals surface area contributed by atoms with Crippen molar-refractivity contribution in [2.75, 3.05) is 0 Å². The molecule has 0 amide bonds. The van der Waals surface area contributed by atoms with Crippen LogP contribution < -0.4 is 0 Å². The smallest absolute Gasteiger partial charge is 0.205 e. The summed E-state index contributed by atoms with van der Waals surface area (Å²) in [5.41, 5.74) is 2.69. The molecule has 0 saturated carbocycles. The molecule has 0 fully saturated rings. The topological polar surface area (TPSA) is 84.0 Å². The molecule has 0 aliphatic rings. The highest BCUT2D eigenvalue weighted by Gasteiger charge is 2.30. The summed E-state index contributed by atoms with van der Waals surface area (Å²) in [6, 6.07) is 14.1. The van der Waals surface area contributed by atoms with E-state index in [1.165, 1.54) is 6.07 Å². The molecule has 3 rings (SSSR count). The fraction of sp³-hybridized carbons (Fsp3) is 0.200. The van der Waals surface area contributed by atoms with Gasteiger partial charge in [-0.15, -0.1) is 0 Å². The molecule has 0 atom stereocenters. The van der Waals surface area contributed by atoms with Crippen molar-refractivity contribution in [3.8, 4) is 6.07 Å². The number of rotatable bonds is 4. The van der Waals surface area contributed by atoms with Crippen LogP contribution in [0.5, 0.6) is 0 Å². The Hall–Kier alpha value is -2.91. The Kier molecular flexibility index (Phi) is 4.43. The van der Waals surface area contributed by atoms with Gasteiger partial charge < -0.3 is 4.42 Å². The van der Waals surface area contributed by atoms with Crippen molar-refractivity contribution in [1.29, 1.82) is 5.26 Å². The number of fused-ring (bicyclic) bond motifs is 1. The second kappa shape index (κ2) is 6.43. The standard InChI is InChI=1S/C20H18N2O3S/c1-14-8-9-18-17(12-14)22-19(25-18)20(2,3)15-6-4-7-16(13-15)26(23,24)11-5-10-21/h4-9,11-13H,1-3H3/b11-5+. The largest absolute Gasteiger partial charge is 0.440 e. The Morgan fingerprint density at radius 2 is 1.96 bits per heavy atom. The summed E-state index contributed by atoms with van der Waals surface area (Å²) < 4.78 is 30.5. The van der Waals surface area contributed by atoms with Gasteiger partial charge in [0.15, 0.2) is 5.58 Å². The molecule has 5 nitrogen and oxygen atoms in total. The fourth-order valence-corrected chi connectivity index (χ4v) is 3.65. The first kappa shape index (κ1) is 17.9. The molecule has 0 radical (unpaired) electrons. The van der Waals surface area contributed by atoms with Gasteiger partial charge in [0.05, 0.1) is 16.4 Å². The zero-order valence-electron chi connectivity index (χ0n) is 14.7. The van der Waals surface area contributed by atoms with Gasteiger partial charge in [-0.1, -0.05) is 18.2 Å². The SMILES string of the molecule is Cc1ccc2oc(C(C)(C)c3cccc(S(=O)(=O)/C=C/C#N)c3)nc2c1. The molecule has 0 bridgehead atoms. The van der Waals surface area contributed by atoms with E-state index in [0.717, 1.165) is 28.1 Å². The van der Waals surface area contributed by atoms with Crippen molar-refractivity contribution in [3.05, 3.63) is 71.0 Å². The number of sulfone groups is 1. The Labute approximate surface area is 152 Å². The Morgan fingerprint density at radius 1 is 1.19 bits per heavy atom. The maximum absolute atomic E-state index is 12.3. The van der Waals surface area contributed by atoms with E-state index in [1.807, 2.05) is 45.0 Å². The molecule has 6 heteroatoms. The van der Waals surface area contributed by atoms with E-state index in [4.69, 9.17) is 9.68 Å². The van der Waals surface area contributed by atoms with Crippen molar-refractivity contribution in [1.82, 2.24) is 4.98 Å². The van der Waals surface area contributed by atoms with Gasteiger partial charge in [-0.05, 0) is 56.2 Å². The van der Waals surface area contributed by atoms with Crippen LogP contribution in [0, 0.1) is 18.3 Å². The first-order chi connectivity index (χ1) is 12.2. The number of nitrogens with zero attached hydrogens (tertiary/aromatic N) is 2. The molecule has 0 N–H and O–H groups in total. The quantitative estimate of drug-likeness (QED) is 0.644. The number of hydrogen-bond acceptors (Lipinski definition) is 5. The Bertz CT molecular complexity index is 1150. The van der Waals surface area contributed by atoms with Gasteiger partial charge in [-0.25, -0.2) is 13.4 Å². The van der Waals surface area contributed by atoms with E-state index in [1.54, 1.807) is 18.2 Å². The predicted octanol–water partition coefficient (Wildman–Crippen LogP) is 4.27. The maximum Gasteiger partial charge on any atom is 0.205 e. The molecular weight excluding hydrogens is 348 g/mol. The summed E-state index contributed by atoms with van der Waals surface area (Å²) in [6.07, 6.45) is 0.955. The van der Waals surface area contributed by atoms with E-state index < -0.39 is 15.3 Å². The fourth-order valence-electron chi connectivity index (χ4n) is 2.69. The van der Waals surface area contributed by atoms with Crippen LogP contribution in [-0.4, -0.2) is 13.4 Å².